The fourth-order valence-corrected chi connectivity index (χ4v) is 2.53. The first-order valence-corrected chi connectivity index (χ1v) is 6.39. The van der Waals surface area contributed by atoms with Crippen molar-refractivity contribution in [3.63, 3.8) is 0 Å². The molecule has 1 aliphatic heterocycles. The number of hydrogen-bond donors (Lipinski definition) is 1. The van der Waals surface area contributed by atoms with Crippen LogP contribution in [-0.4, -0.2) is 27.9 Å². The minimum Gasteiger partial charge on any atom is -0.486 e. The van der Waals surface area contributed by atoms with Crippen LogP contribution in [0.3, 0.4) is 0 Å². The number of aliphatic hydroxyl groups excluding tert-OH is 1. The average Bonchev–Trinajstić information content (AvgIpc) is 2.83. The maximum absolute atomic E-state index is 10.3. The summed E-state index contributed by atoms with van der Waals surface area (Å²) in [4.78, 5) is 0.756. The summed E-state index contributed by atoms with van der Waals surface area (Å²) in [7, 11) is 0. The van der Waals surface area contributed by atoms with Crippen LogP contribution in [0.1, 0.15) is 22.2 Å². The smallest absolute Gasteiger partial charge is 0.161 e. The molecular weight excluding hydrogens is 252 g/mol. The van der Waals surface area contributed by atoms with Crippen LogP contribution < -0.4 is 9.47 Å². The van der Waals surface area contributed by atoms with Crippen molar-refractivity contribution >= 4 is 11.5 Å². The normalized spacial score (nSPS) is 15.4. The van der Waals surface area contributed by atoms with Gasteiger partial charge in [0, 0.05) is 0 Å². The average molecular weight is 264 g/mol. The van der Waals surface area contributed by atoms with Crippen LogP contribution in [0, 0.1) is 6.92 Å². The first-order chi connectivity index (χ1) is 8.75. The number of rotatable bonds is 2. The van der Waals surface area contributed by atoms with Crippen LogP contribution in [-0.2, 0) is 0 Å². The second kappa shape index (κ2) is 4.55. The van der Waals surface area contributed by atoms with Gasteiger partial charge in [0.2, 0.25) is 0 Å². The molecule has 1 unspecified atom stereocenters. The summed E-state index contributed by atoms with van der Waals surface area (Å²) in [5.74, 6) is 1.39. The molecule has 1 aromatic heterocycles. The van der Waals surface area contributed by atoms with Gasteiger partial charge in [0.15, 0.2) is 11.5 Å². The molecule has 0 bridgehead atoms. The molecule has 0 fully saturated rings. The zero-order valence-electron chi connectivity index (χ0n) is 9.79. The topological polar surface area (TPSA) is 64.5 Å². The Bertz CT molecular complexity index is 570. The van der Waals surface area contributed by atoms with Gasteiger partial charge in [-0.05, 0) is 36.2 Å². The van der Waals surface area contributed by atoms with Crippen LogP contribution in [0.4, 0.5) is 0 Å². The van der Waals surface area contributed by atoms with Crippen LogP contribution in [0.5, 0.6) is 11.5 Å². The second-order valence-electron chi connectivity index (χ2n) is 4.03. The van der Waals surface area contributed by atoms with Crippen molar-refractivity contribution < 1.29 is 14.6 Å². The van der Waals surface area contributed by atoms with E-state index in [1.165, 1.54) is 11.5 Å². The Balaban J connectivity index is 1.95. The van der Waals surface area contributed by atoms with Crippen molar-refractivity contribution in [3.05, 3.63) is 34.3 Å². The molecule has 2 aromatic rings. The van der Waals surface area contributed by atoms with E-state index in [4.69, 9.17) is 9.47 Å². The number of ether oxygens (including phenoxy) is 2. The second-order valence-corrected chi connectivity index (χ2v) is 4.81. The molecule has 3 rings (SSSR count). The van der Waals surface area contributed by atoms with E-state index in [0.29, 0.717) is 19.0 Å². The van der Waals surface area contributed by atoms with E-state index in [-0.39, 0.29) is 0 Å². The Morgan fingerprint density at radius 1 is 1.28 bits per heavy atom. The number of nitrogens with zero attached hydrogens (tertiary/aromatic N) is 2. The van der Waals surface area contributed by atoms with Gasteiger partial charge in [-0.2, -0.15) is 0 Å². The molecule has 0 aliphatic carbocycles. The summed E-state index contributed by atoms with van der Waals surface area (Å²) in [6.07, 6.45) is -0.721. The molecule has 0 saturated heterocycles. The van der Waals surface area contributed by atoms with Gasteiger partial charge in [-0.1, -0.05) is 10.6 Å². The van der Waals surface area contributed by atoms with Crippen molar-refractivity contribution in [2.45, 2.75) is 13.0 Å². The standard InChI is InChI=1S/C12H12N2O3S/c1-7-12(18-14-13-7)11(15)8-2-3-9-10(6-8)17-5-4-16-9/h2-3,6,11,15H,4-5H2,1H3. The fourth-order valence-electron chi connectivity index (χ4n) is 1.87. The Hall–Kier alpha value is -1.66. The lowest BCUT2D eigenvalue weighted by Gasteiger charge is -2.20. The van der Waals surface area contributed by atoms with E-state index in [0.717, 1.165) is 21.9 Å². The number of aliphatic hydroxyl groups is 1. The predicted molar refractivity (Wildman–Crippen MR) is 66.1 cm³/mol. The molecule has 0 radical (unpaired) electrons. The van der Waals surface area contributed by atoms with E-state index in [1.807, 2.05) is 19.1 Å². The molecule has 0 spiro atoms. The maximum atomic E-state index is 10.3. The van der Waals surface area contributed by atoms with Crippen molar-refractivity contribution in [2.75, 3.05) is 13.2 Å². The number of aryl methyl sites for hydroxylation is 1. The third-order valence-corrected chi connectivity index (χ3v) is 3.70. The minimum absolute atomic E-state index is 0.535. The molecule has 5 nitrogen and oxygen atoms in total. The van der Waals surface area contributed by atoms with Gasteiger partial charge >= 0.3 is 0 Å². The van der Waals surface area contributed by atoms with Crippen molar-refractivity contribution in [2.24, 2.45) is 0 Å². The van der Waals surface area contributed by atoms with Gasteiger partial charge in [-0.15, -0.1) is 5.10 Å². The lowest BCUT2D eigenvalue weighted by molar-refractivity contribution is 0.170. The first-order valence-electron chi connectivity index (χ1n) is 5.62. The van der Waals surface area contributed by atoms with E-state index >= 15 is 0 Å². The highest BCUT2D eigenvalue weighted by molar-refractivity contribution is 7.05. The largest absolute Gasteiger partial charge is 0.486 e. The zero-order valence-corrected chi connectivity index (χ0v) is 10.6. The van der Waals surface area contributed by atoms with E-state index < -0.39 is 6.10 Å². The Kier molecular flexibility index (Phi) is 2.89. The fraction of sp³-hybridized carbons (Fsp3) is 0.333. The molecule has 94 valence electrons. The molecule has 1 N–H and O–H groups in total. The summed E-state index contributed by atoms with van der Waals surface area (Å²) in [5, 5.41) is 14.2. The van der Waals surface area contributed by atoms with Gasteiger partial charge in [0.25, 0.3) is 0 Å². The zero-order chi connectivity index (χ0) is 12.5. The van der Waals surface area contributed by atoms with Crippen LogP contribution in [0.2, 0.25) is 0 Å². The molecule has 2 heterocycles. The van der Waals surface area contributed by atoms with Crippen molar-refractivity contribution in [1.29, 1.82) is 0 Å². The molecule has 0 amide bonds. The predicted octanol–water partition coefficient (Wildman–Crippen LogP) is 1.70. The lowest BCUT2D eigenvalue weighted by Crippen LogP contribution is -2.15. The SMILES string of the molecule is Cc1nnsc1C(O)c1ccc2c(c1)OCCO2. The number of hydrogen-bond acceptors (Lipinski definition) is 6. The Labute approximate surface area is 108 Å². The number of benzene rings is 1. The summed E-state index contributed by atoms with van der Waals surface area (Å²) in [6.45, 7) is 2.93. The highest BCUT2D eigenvalue weighted by atomic mass is 32.1. The van der Waals surface area contributed by atoms with E-state index in [2.05, 4.69) is 9.59 Å². The van der Waals surface area contributed by atoms with Crippen molar-refractivity contribution in [3.8, 4) is 11.5 Å². The molecule has 0 saturated carbocycles. The third kappa shape index (κ3) is 1.93. The van der Waals surface area contributed by atoms with Gasteiger partial charge in [-0.3, -0.25) is 0 Å². The Morgan fingerprint density at radius 2 is 2.06 bits per heavy atom. The molecule has 1 aromatic carbocycles. The summed E-state index contributed by atoms with van der Waals surface area (Å²) >= 11 is 1.21. The van der Waals surface area contributed by atoms with Gasteiger partial charge in [-0.25, -0.2) is 0 Å². The van der Waals surface area contributed by atoms with Gasteiger partial charge in [0.05, 0.1) is 10.6 Å². The molecule has 1 aliphatic rings. The van der Waals surface area contributed by atoms with Crippen LogP contribution in [0.25, 0.3) is 0 Å². The third-order valence-electron chi connectivity index (χ3n) is 2.82. The minimum atomic E-state index is -0.721. The van der Waals surface area contributed by atoms with Crippen LogP contribution in [0.15, 0.2) is 18.2 Å². The highest BCUT2D eigenvalue weighted by Gasteiger charge is 2.19. The van der Waals surface area contributed by atoms with Crippen LogP contribution >= 0.6 is 11.5 Å². The lowest BCUT2D eigenvalue weighted by atomic mass is 10.1. The van der Waals surface area contributed by atoms with E-state index in [1.54, 1.807) is 6.07 Å². The molecule has 18 heavy (non-hydrogen) atoms. The monoisotopic (exact) mass is 264 g/mol. The Morgan fingerprint density at radius 3 is 2.78 bits per heavy atom. The summed E-state index contributed by atoms with van der Waals surface area (Å²) in [5.41, 5.74) is 1.51. The number of fused-ring (bicyclic) bond motifs is 1. The molecule has 6 heteroatoms. The highest BCUT2D eigenvalue weighted by Crippen LogP contribution is 2.35. The molecular formula is C12H12N2O3S. The maximum Gasteiger partial charge on any atom is 0.161 e. The van der Waals surface area contributed by atoms with Gasteiger partial charge < -0.3 is 14.6 Å². The molecule has 1 atom stereocenters. The first kappa shape index (κ1) is 11.4. The quantitative estimate of drug-likeness (QED) is 0.894. The van der Waals surface area contributed by atoms with Gasteiger partial charge in [0.1, 0.15) is 19.3 Å². The summed E-state index contributed by atoms with van der Waals surface area (Å²) < 4.78 is 14.8. The van der Waals surface area contributed by atoms with E-state index in [9.17, 15) is 5.11 Å². The number of aromatic nitrogens is 2. The summed E-state index contributed by atoms with van der Waals surface area (Å²) in [6, 6.07) is 5.45. The van der Waals surface area contributed by atoms with Crippen molar-refractivity contribution in [1.82, 2.24) is 9.59 Å².